The number of fused-ring (bicyclic) bond motifs is 1. The number of ether oxygens (including phenoxy) is 2. The molecule has 262 valence electrons. The standard InChI is InChI=1S/C32H36N4O11S2/c1-18-27-26(19(2)38)30(39)34(27)28(31(40)46-15-20-3-7-22(8-4-20)35(42)43)29(18)49-25-13-24(17-48-12-11-37)33(14-25)32(41)47-16-21-5-9-23(10-6-21)36(44)45/h3-10,18-19,24-27,37-38H,11-17H2,1-2H3/t18-,19-,24+,25+,26-,27?/m1/s1. The van der Waals surface area contributed by atoms with Gasteiger partial charge in [-0.3, -0.25) is 25.0 Å². The lowest BCUT2D eigenvalue weighted by Crippen LogP contribution is -2.63. The summed E-state index contributed by atoms with van der Waals surface area (Å²) in [6, 6.07) is 10.6. The minimum Gasteiger partial charge on any atom is -0.456 e. The second-order valence-corrected chi connectivity index (χ2v) is 14.5. The first-order chi connectivity index (χ1) is 23.4. The topological polar surface area (TPSA) is 203 Å². The smallest absolute Gasteiger partial charge is 0.410 e. The monoisotopic (exact) mass is 716 g/mol. The van der Waals surface area contributed by atoms with Gasteiger partial charge >= 0.3 is 12.1 Å². The van der Waals surface area contributed by atoms with Crippen molar-refractivity contribution in [3.8, 4) is 0 Å². The fourth-order valence-electron chi connectivity index (χ4n) is 6.35. The zero-order valence-corrected chi connectivity index (χ0v) is 28.3. The number of carbonyl (C=O) groups is 3. The van der Waals surface area contributed by atoms with Gasteiger partial charge in [0.05, 0.1) is 34.5 Å². The average molecular weight is 717 g/mol. The van der Waals surface area contributed by atoms with Crippen molar-refractivity contribution in [2.24, 2.45) is 11.8 Å². The molecule has 0 aromatic heterocycles. The first-order valence-electron chi connectivity index (χ1n) is 15.6. The molecule has 0 bridgehead atoms. The molecule has 15 nitrogen and oxygen atoms in total. The van der Waals surface area contributed by atoms with Crippen molar-refractivity contribution in [2.45, 2.75) is 56.9 Å². The van der Waals surface area contributed by atoms with E-state index in [2.05, 4.69) is 0 Å². The van der Waals surface area contributed by atoms with Crippen molar-refractivity contribution in [3.05, 3.63) is 90.5 Å². The molecule has 3 aliphatic heterocycles. The predicted octanol–water partition coefficient (Wildman–Crippen LogP) is 3.85. The lowest BCUT2D eigenvalue weighted by atomic mass is 9.79. The van der Waals surface area contributed by atoms with Gasteiger partial charge in [0, 0.05) is 64.4 Å². The Morgan fingerprint density at radius 3 is 2.10 bits per heavy atom. The van der Waals surface area contributed by atoms with E-state index in [1.165, 1.54) is 83.9 Å². The lowest BCUT2D eigenvalue weighted by molar-refractivity contribution is -0.385. The molecule has 5 rings (SSSR count). The fourth-order valence-corrected chi connectivity index (χ4v) is 8.79. The molecule has 1 unspecified atom stereocenters. The summed E-state index contributed by atoms with van der Waals surface area (Å²) in [5.74, 6) is -1.12. The zero-order chi connectivity index (χ0) is 35.4. The summed E-state index contributed by atoms with van der Waals surface area (Å²) in [4.78, 5) is 64.7. The Morgan fingerprint density at radius 2 is 1.57 bits per heavy atom. The number of nitro groups is 2. The molecule has 0 aliphatic carbocycles. The van der Waals surface area contributed by atoms with Gasteiger partial charge in [-0.25, -0.2) is 9.59 Å². The van der Waals surface area contributed by atoms with E-state index in [-0.39, 0.29) is 66.6 Å². The highest BCUT2D eigenvalue weighted by molar-refractivity contribution is 8.03. The normalized spacial score (nSPS) is 23.6. The second-order valence-electron chi connectivity index (χ2n) is 12.0. The van der Waals surface area contributed by atoms with Gasteiger partial charge in [0.15, 0.2) is 0 Å². The number of likely N-dealkylation sites (tertiary alicyclic amines) is 1. The number of carbonyl (C=O) groups excluding carboxylic acids is 3. The van der Waals surface area contributed by atoms with E-state index in [0.29, 0.717) is 34.0 Å². The maximum atomic E-state index is 13.6. The van der Waals surface area contributed by atoms with Crippen LogP contribution < -0.4 is 0 Å². The van der Waals surface area contributed by atoms with Crippen LogP contribution in [-0.2, 0) is 32.3 Å². The van der Waals surface area contributed by atoms with E-state index in [0.717, 1.165) is 0 Å². The number of amides is 2. The summed E-state index contributed by atoms with van der Waals surface area (Å²) in [6.07, 6.45) is -0.964. The van der Waals surface area contributed by atoms with Gasteiger partial charge in [0.2, 0.25) is 5.91 Å². The highest BCUT2D eigenvalue weighted by atomic mass is 32.2. The molecule has 2 fully saturated rings. The average Bonchev–Trinajstić information content (AvgIpc) is 3.58. The molecule has 2 saturated heterocycles. The molecule has 3 heterocycles. The summed E-state index contributed by atoms with van der Waals surface area (Å²) >= 11 is 2.87. The highest BCUT2D eigenvalue weighted by Crippen LogP contribution is 2.52. The number of non-ortho nitro benzene ring substituents is 2. The third-order valence-electron chi connectivity index (χ3n) is 8.78. The Hall–Kier alpha value is -4.19. The third-order valence-corrected chi connectivity index (χ3v) is 11.4. The molecule has 0 saturated carbocycles. The maximum Gasteiger partial charge on any atom is 0.410 e. The van der Waals surface area contributed by atoms with E-state index in [1.54, 1.807) is 4.90 Å². The Balaban J connectivity index is 1.33. The van der Waals surface area contributed by atoms with Crippen molar-refractivity contribution in [1.82, 2.24) is 9.80 Å². The summed E-state index contributed by atoms with van der Waals surface area (Å²) in [7, 11) is 0. The Kier molecular flexibility index (Phi) is 11.5. The molecular weight excluding hydrogens is 681 g/mol. The van der Waals surface area contributed by atoms with Crippen LogP contribution in [0.1, 0.15) is 31.4 Å². The molecule has 2 aromatic carbocycles. The Labute approximate surface area is 289 Å². The molecular formula is C32H36N4O11S2. The molecule has 0 radical (unpaired) electrons. The van der Waals surface area contributed by atoms with Crippen molar-refractivity contribution < 1.29 is 43.9 Å². The van der Waals surface area contributed by atoms with Crippen LogP contribution in [0.4, 0.5) is 16.2 Å². The van der Waals surface area contributed by atoms with Crippen molar-refractivity contribution in [3.63, 3.8) is 0 Å². The second kappa shape index (κ2) is 15.6. The number of hydrogen-bond acceptors (Lipinski definition) is 13. The quantitative estimate of drug-likeness (QED) is 0.0939. The van der Waals surface area contributed by atoms with Gasteiger partial charge in [-0.2, -0.15) is 11.8 Å². The molecule has 6 atom stereocenters. The van der Waals surface area contributed by atoms with Gasteiger partial charge in [-0.1, -0.05) is 6.92 Å². The van der Waals surface area contributed by atoms with Crippen LogP contribution in [0.3, 0.4) is 0 Å². The number of esters is 1. The number of thioether (sulfide) groups is 2. The minimum atomic E-state index is -0.932. The van der Waals surface area contributed by atoms with Crippen LogP contribution in [0.15, 0.2) is 59.1 Å². The number of nitro benzene ring substituents is 2. The largest absolute Gasteiger partial charge is 0.456 e. The van der Waals surface area contributed by atoms with Gasteiger partial charge in [0.1, 0.15) is 18.9 Å². The highest BCUT2D eigenvalue weighted by Gasteiger charge is 2.60. The zero-order valence-electron chi connectivity index (χ0n) is 26.7. The summed E-state index contributed by atoms with van der Waals surface area (Å²) in [5.41, 5.74) is 1.02. The number of β-lactam (4-membered cyclic amide) rings is 1. The fraction of sp³-hybridized carbons (Fsp3) is 0.469. The first-order valence-corrected chi connectivity index (χ1v) is 17.6. The van der Waals surface area contributed by atoms with Crippen LogP contribution in [0.5, 0.6) is 0 Å². The van der Waals surface area contributed by atoms with Gasteiger partial charge < -0.3 is 29.5 Å². The predicted molar refractivity (Wildman–Crippen MR) is 179 cm³/mol. The third kappa shape index (κ3) is 7.84. The van der Waals surface area contributed by atoms with Crippen molar-refractivity contribution >= 4 is 52.9 Å². The van der Waals surface area contributed by atoms with Crippen molar-refractivity contribution in [1.29, 1.82) is 0 Å². The molecule has 49 heavy (non-hydrogen) atoms. The molecule has 0 spiro atoms. The SMILES string of the molecule is C[C@H]1C(S[C@H]2C[C@@H](CSCCO)N(C(=O)OCc3ccc([N+](=O)[O-])cc3)C2)=C(C(=O)OCc2ccc([N+](=O)[O-])cc2)N2C(=O)[C@H]([C@@H](C)O)C12. The van der Waals surface area contributed by atoms with E-state index < -0.39 is 40.0 Å². The van der Waals surface area contributed by atoms with Gasteiger partial charge in [0.25, 0.3) is 11.4 Å². The lowest BCUT2D eigenvalue weighted by Gasteiger charge is -2.46. The minimum absolute atomic E-state index is 0.0222. The maximum absolute atomic E-state index is 13.6. The van der Waals surface area contributed by atoms with Crippen LogP contribution >= 0.6 is 23.5 Å². The molecule has 3 aliphatic rings. The summed E-state index contributed by atoms with van der Waals surface area (Å²) in [6.45, 7) is 3.41. The number of nitrogens with zero attached hydrogens (tertiary/aromatic N) is 4. The number of hydrogen-bond donors (Lipinski definition) is 2. The van der Waals surface area contributed by atoms with Crippen LogP contribution in [0.25, 0.3) is 0 Å². The van der Waals surface area contributed by atoms with E-state index >= 15 is 0 Å². The number of aliphatic hydroxyl groups is 2. The van der Waals surface area contributed by atoms with E-state index in [4.69, 9.17) is 9.47 Å². The van der Waals surface area contributed by atoms with Crippen LogP contribution in [0, 0.1) is 32.1 Å². The summed E-state index contributed by atoms with van der Waals surface area (Å²) in [5, 5.41) is 41.5. The summed E-state index contributed by atoms with van der Waals surface area (Å²) < 4.78 is 11.2. The first kappa shape index (κ1) is 36.1. The van der Waals surface area contributed by atoms with Crippen molar-refractivity contribution in [2.75, 3.05) is 24.7 Å². The van der Waals surface area contributed by atoms with Gasteiger partial charge in [-0.15, -0.1) is 11.8 Å². The molecule has 2 amide bonds. The number of aliphatic hydroxyl groups excluding tert-OH is 2. The van der Waals surface area contributed by atoms with Crippen LogP contribution in [0.2, 0.25) is 0 Å². The van der Waals surface area contributed by atoms with Gasteiger partial charge in [-0.05, 0) is 48.7 Å². The number of benzene rings is 2. The Bertz CT molecular complexity index is 1620. The van der Waals surface area contributed by atoms with E-state index in [9.17, 15) is 44.8 Å². The number of rotatable bonds is 14. The van der Waals surface area contributed by atoms with Crippen LogP contribution in [-0.4, -0.2) is 95.9 Å². The molecule has 17 heteroatoms. The molecule has 2 aromatic rings. The van der Waals surface area contributed by atoms with E-state index in [1.807, 2.05) is 6.92 Å². The Morgan fingerprint density at radius 1 is 1.00 bits per heavy atom. The molecule has 2 N–H and O–H groups in total.